The standard InChI is InChI=1S/C17H22BrN/c1-11(2)8-13-10-15-14(6-5-7-16(15)18)17(19-13)9-12(3)4/h5-7,13,17,19H,1,3,8-10H2,2,4H3/t13-,17+/m1/s1. The van der Waals surface area contributed by atoms with Gasteiger partial charge in [-0.25, -0.2) is 0 Å². The Hall–Kier alpha value is -0.860. The molecule has 1 aliphatic rings. The number of rotatable bonds is 4. The molecule has 102 valence electrons. The van der Waals surface area contributed by atoms with Crippen molar-refractivity contribution in [3.63, 3.8) is 0 Å². The van der Waals surface area contributed by atoms with Gasteiger partial charge in [-0.3, -0.25) is 0 Å². The number of halogens is 1. The maximum atomic E-state index is 4.06. The number of hydrogen-bond acceptors (Lipinski definition) is 1. The smallest absolute Gasteiger partial charge is 0.0363 e. The average Bonchev–Trinajstić information content (AvgIpc) is 2.29. The zero-order valence-corrected chi connectivity index (χ0v) is 13.4. The molecule has 0 saturated heterocycles. The first-order valence-electron chi connectivity index (χ1n) is 6.79. The molecule has 1 nitrogen and oxygen atoms in total. The van der Waals surface area contributed by atoms with E-state index in [2.05, 4.69) is 66.5 Å². The third-order valence-electron chi connectivity index (χ3n) is 3.57. The third kappa shape index (κ3) is 3.58. The number of hydrogen-bond donors (Lipinski definition) is 1. The van der Waals surface area contributed by atoms with Crippen molar-refractivity contribution in [2.24, 2.45) is 0 Å². The highest BCUT2D eigenvalue weighted by Gasteiger charge is 2.27. The topological polar surface area (TPSA) is 12.0 Å². The monoisotopic (exact) mass is 319 g/mol. The van der Waals surface area contributed by atoms with E-state index in [-0.39, 0.29) is 0 Å². The first-order valence-corrected chi connectivity index (χ1v) is 7.58. The Labute approximate surface area is 124 Å². The van der Waals surface area contributed by atoms with E-state index in [1.807, 2.05) is 0 Å². The van der Waals surface area contributed by atoms with Crippen LogP contribution in [-0.2, 0) is 6.42 Å². The third-order valence-corrected chi connectivity index (χ3v) is 4.31. The molecule has 2 atom stereocenters. The summed E-state index contributed by atoms with van der Waals surface area (Å²) in [6, 6.07) is 7.35. The maximum absolute atomic E-state index is 4.06. The second-order valence-corrected chi connectivity index (χ2v) is 6.60. The van der Waals surface area contributed by atoms with Gasteiger partial charge in [0.15, 0.2) is 0 Å². The van der Waals surface area contributed by atoms with Crippen LogP contribution in [0.5, 0.6) is 0 Å². The van der Waals surface area contributed by atoms with Crippen LogP contribution in [0.4, 0.5) is 0 Å². The zero-order chi connectivity index (χ0) is 14.0. The van der Waals surface area contributed by atoms with Crippen molar-refractivity contribution in [1.82, 2.24) is 5.32 Å². The van der Waals surface area contributed by atoms with Crippen molar-refractivity contribution in [3.8, 4) is 0 Å². The van der Waals surface area contributed by atoms with E-state index in [4.69, 9.17) is 0 Å². The Morgan fingerprint density at radius 3 is 2.58 bits per heavy atom. The largest absolute Gasteiger partial charge is 0.306 e. The van der Waals surface area contributed by atoms with Gasteiger partial charge in [-0.05, 0) is 50.3 Å². The highest BCUT2D eigenvalue weighted by molar-refractivity contribution is 9.10. The summed E-state index contributed by atoms with van der Waals surface area (Å²) < 4.78 is 1.23. The summed E-state index contributed by atoms with van der Waals surface area (Å²) in [5, 5.41) is 3.76. The summed E-state index contributed by atoms with van der Waals surface area (Å²) in [6.45, 7) is 12.3. The fourth-order valence-electron chi connectivity index (χ4n) is 2.87. The molecular formula is C17H22BrN. The second kappa shape index (κ2) is 6.06. The molecule has 0 aromatic heterocycles. The highest BCUT2D eigenvalue weighted by atomic mass is 79.9. The van der Waals surface area contributed by atoms with Gasteiger partial charge in [-0.1, -0.05) is 39.2 Å². The van der Waals surface area contributed by atoms with Crippen LogP contribution < -0.4 is 5.32 Å². The van der Waals surface area contributed by atoms with Gasteiger partial charge in [-0.15, -0.1) is 13.2 Å². The molecule has 0 aliphatic carbocycles. The maximum Gasteiger partial charge on any atom is 0.0363 e. The molecule has 0 unspecified atom stereocenters. The van der Waals surface area contributed by atoms with E-state index in [1.165, 1.54) is 26.7 Å². The minimum Gasteiger partial charge on any atom is -0.306 e. The first kappa shape index (κ1) is 14.5. The Kier molecular flexibility index (Phi) is 4.64. The lowest BCUT2D eigenvalue weighted by Crippen LogP contribution is -2.39. The molecule has 2 heteroatoms. The van der Waals surface area contributed by atoms with Crippen LogP contribution in [0, 0.1) is 0 Å². The summed E-state index contributed by atoms with van der Waals surface area (Å²) in [6.07, 6.45) is 3.10. The van der Waals surface area contributed by atoms with E-state index < -0.39 is 0 Å². The first-order chi connectivity index (χ1) is 8.97. The van der Waals surface area contributed by atoms with Crippen molar-refractivity contribution in [2.75, 3.05) is 0 Å². The summed E-state index contributed by atoms with van der Waals surface area (Å²) in [4.78, 5) is 0. The zero-order valence-electron chi connectivity index (χ0n) is 11.8. The normalized spacial score (nSPS) is 21.8. The molecule has 0 spiro atoms. The molecule has 19 heavy (non-hydrogen) atoms. The van der Waals surface area contributed by atoms with Gasteiger partial charge in [0.1, 0.15) is 0 Å². The van der Waals surface area contributed by atoms with Crippen LogP contribution in [0.1, 0.15) is 43.9 Å². The summed E-state index contributed by atoms with van der Waals surface area (Å²) in [5.74, 6) is 0. The molecule has 1 heterocycles. The quantitative estimate of drug-likeness (QED) is 0.775. The van der Waals surface area contributed by atoms with Crippen LogP contribution in [0.2, 0.25) is 0 Å². The molecule has 1 aromatic rings. The molecule has 1 aliphatic heterocycles. The van der Waals surface area contributed by atoms with Crippen molar-refractivity contribution in [2.45, 2.75) is 45.2 Å². The summed E-state index contributed by atoms with van der Waals surface area (Å²) in [5.41, 5.74) is 5.32. The number of nitrogens with one attached hydrogen (secondary N) is 1. The molecule has 0 fully saturated rings. The number of benzene rings is 1. The van der Waals surface area contributed by atoms with Gasteiger partial charge < -0.3 is 5.32 Å². The van der Waals surface area contributed by atoms with Gasteiger partial charge in [0.05, 0.1) is 0 Å². The van der Waals surface area contributed by atoms with Crippen LogP contribution in [0.25, 0.3) is 0 Å². The fourth-order valence-corrected chi connectivity index (χ4v) is 3.41. The summed E-state index contributed by atoms with van der Waals surface area (Å²) in [7, 11) is 0. The lowest BCUT2D eigenvalue weighted by Gasteiger charge is -2.34. The van der Waals surface area contributed by atoms with E-state index in [0.29, 0.717) is 12.1 Å². The highest BCUT2D eigenvalue weighted by Crippen LogP contribution is 2.34. The molecule has 0 radical (unpaired) electrons. The van der Waals surface area contributed by atoms with Crippen LogP contribution in [-0.4, -0.2) is 6.04 Å². The molecule has 2 rings (SSSR count). The molecule has 0 saturated carbocycles. The van der Waals surface area contributed by atoms with E-state index in [0.717, 1.165) is 19.3 Å². The Morgan fingerprint density at radius 1 is 1.26 bits per heavy atom. The lowest BCUT2D eigenvalue weighted by molar-refractivity contribution is 0.396. The fraction of sp³-hybridized carbons (Fsp3) is 0.412. The molecule has 0 amide bonds. The average molecular weight is 320 g/mol. The van der Waals surface area contributed by atoms with Crippen molar-refractivity contribution < 1.29 is 0 Å². The van der Waals surface area contributed by atoms with Crippen LogP contribution in [0.3, 0.4) is 0 Å². The molecular weight excluding hydrogens is 298 g/mol. The Morgan fingerprint density at radius 2 is 1.95 bits per heavy atom. The van der Waals surface area contributed by atoms with Gasteiger partial charge >= 0.3 is 0 Å². The SMILES string of the molecule is C=C(C)C[C@@H]1Cc2c(Br)cccc2[C@H](CC(=C)C)N1. The van der Waals surface area contributed by atoms with E-state index in [9.17, 15) is 0 Å². The Bertz CT molecular complexity index is 504. The van der Waals surface area contributed by atoms with Gasteiger partial charge in [-0.2, -0.15) is 0 Å². The van der Waals surface area contributed by atoms with Crippen LogP contribution >= 0.6 is 15.9 Å². The van der Waals surface area contributed by atoms with E-state index >= 15 is 0 Å². The molecule has 1 aromatic carbocycles. The minimum atomic E-state index is 0.378. The van der Waals surface area contributed by atoms with Crippen molar-refractivity contribution in [1.29, 1.82) is 0 Å². The minimum absolute atomic E-state index is 0.378. The second-order valence-electron chi connectivity index (χ2n) is 5.75. The van der Waals surface area contributed by atoms with Crippen LogP contribution in [0.15, 0.2) is 47.0 Å². The van der Waals surface area contributed by atoms with E-state index in [1.54, 1.807) is 0 Å². The van der Waals surface area contributed by atoms with Gasteiger partial charge in [0.2, 0.25) is 0 Å². The molecule has 0 bridgehead atoms. The lowest BCUT2D eigenvalue weighted by atomic mass is 9.86. The van der Waals surface area contributed by atoms with Crippen molar-refractivity contribution in [3.05, 3.63) is 58.1 Å². The Balaban J connectivity index is 2.31. The van der Waals surface area contributed by atoms with Crippen molar-refractivity contribution >= 4 is 15.9 Å². The van der Waals surface area contributed by atoms with Gasteiger partial charge in [0.25, 0.3) is 0 Å². The predicted octanol–water partition coefficient (Wildman–Crippen LogP) is 4.94. The molecule has 1 N–H and O–H groups in total. The number of fused-ring (bicyclic) bond motifs is 1. The van der Waals surface area contributed by atoms with Gasteiger partial charge in [0, 0.05) is 16.6 Å². The predicted molar refractivity (Wildman–Crippen MR) is 86.4 cm³/mol. The summed E-state index contributed by atoms with van der Waals surface area (Å²) >= 11 is 3.70.